The van der Waals surface area contributed by atoms with E-state index in [1.807, 2.05) is 12.1 Å². The third kappa shape index (κ3) is 4.76. The van der Waals surface area contributed by atoms with Crippen LogP contribution in [0.2, 0.25) is 0 Å². The molecule has 2 aromatic carbocycles. The Labute approximate surface area is 180 Å². The fourth-order valence-corrected chi connectivity index (χ4v) is 4.84. The summed E-state index contributed by atoms with van der Waals surface area (Å²) in [5, 5.41) is 0. The molecule has 2 unspecified atom stereocenters. The highest BCUT2D eigenvalue weighted by atomic mass is 35.5. The number of ether oxygens (including phenoxy) is 1. The number of hydrogen-bond donors (Lipinski definition) is 0. The molecule has 29 heavy (non-hydrogen) atoms. The summed E-state index contributed by atoms with van der Waals surface area (Å²) in [7, 11) is 3.44. The number of likely N-dealkylation sites (tertiary alicyclic amines) is 1. The maximum Gasteiger partial charge on any atom is 0.414 e. The molecule has 0 N–H and O–H groups in total. The van der Waals surface area contributed by atoms with Gasteiger partial charge in [0.15, 0.2) is 0 Å². The lowest BCUT2D eigenvalue weighted by Crippen LogP contribution is -2.36. The van der Waals surface area contributed by atoms with Crippen molar-refractivity contribution in [2.75, 3.05) is 27.2 Å². The van der Waals surface area contributed by atoms with Crippen molar-refractivity contribution in [3.63, 3.8) is 0 Å². The van der Waals surface area contributed by atoms with E-state index in [1.54, 1.807) is 14.1 Å². The van der Waals surface area contributed by atoms with Gasteiger partial charge < -0.3 is 9.64 Å². The first-order chi connectivity index (χ1) is 13.6. The number of fused-ring (bicyclic) bond motifs is 3. The summed E-state index contributed by atoms with van der Waals surface area (Å²) in [5.41, 5.74) is 4.07. The van der Waals surface area contributed by atoms with Crippen molar-refractivity contribution in [2.45, 2.75) is 44.1 Å². The first-order valence-corrected chi connectivity index (χ1v) is 10.4. The van der Waals surface area contributed by atoms with Crippen molar-refractivity contribution in [3.05, 3.63) is 65.2 Å². The number of amides is 1. The van der Waals surface area contributed by atoms with Crippen LogP contribution in [0, 0.1) is 0 Å². The second-order valence-electron chi connectivity index (χ2n) is 8.21. The Kier molecular flexibility index (Phi) is 7.20. The van der Waals surface area contributed by atoms with Crippen LogP contribution in [0.5, 0.6) is 5.75 Å². The molecular weight excluding hydrogens is 384 g/mol. The van der Waals surface area contributed by atoms with E-state index < -0.39 is 0 Å². The molecule has 4 rings (SSSR count). The van der Waals surface area contributed by atoms with Crippen molar-refractivity contribution >= 4 is 18.5 Å². The fourth-order valence-electron chi connectivity index (χ4n) is 4.84. The Morgan fingerprint density at radius 2 is 1.90 bits per heavy atom. The van der Waals surface area contributed by atoms with Gasteiger partial charge in [-0.3, -0.25) is 4.90 Å². The normalized spacial score (nSPS) is 20.3. The second kappa shape index (κ2) is 9.64. The van der Waals surface area contributed by atoms with Gasteiger partial charge in [0.25, 0.3) is 0 Å². The van der Waals surface area contributed by atoms with Crippen LogP contribution in [0.1, 0.15) is 41.9 Å². The van der Waals surface area contributed by atoms with Gasteiger partial charge in [-0.2, -0.15) is 0 Å². The van der Waals surface area contributed by atoms with Crippen LogP contribution in [0.25, 0.3) is 0 Å². The lowest BCUT2D eigenvalue weighted by Gasteiger charge is -2.34. The molecule has 1 aliphatic heterocycles. The Bertz CT molecular complexity index is 825. The number of rotatable bonds is 5. The van der Waals surface area contributed by atoms with Gasteiger partial charge in [0.05, 0.1) is 0 Å². The van der Waals surface area contributed by atoms with Crippen LogP contribution < -0.4 is 4.74 Å². The SMILES string of the molecule is CN(C)C(=O)Oc1cccc2c1CCC1C2CCN1CCCc1ccccc1.Cl. The van der Waals surface area contributed by atoms with Gasteiger partial charge in [0.2, 0.25) is 0 Å². The zero-order valence-electron chi connectivity index (χ0n) is 17.3. The number of benzene rings is 2. The zero-order valence-corrected chi connectivity index (χ0v) is 18.2. The molecule has 0 spiro atoms. The Morgan fingerprint density at radius 1 is 1.10 bits per heavy atom. The zero-order chi connectivity index (χ0) is 19.5. The van der Waals surface area contributed by atoms with Gasteiger partial charge in [0, 0.05) is 26.1 Å². The molecule has 2 aliphatic rings. The standard InChI is InChI=1S/C24H30N2O2.ClH/c1-25(2)24(27)28-23-12-6-11-19-20-15-17-26(22(20)14-13-21(19)23)16-7-10-18-8-4-3-5-9-18;/h3-6,8-9,11-12,20,22H,7,10,13-17H2,1-2H3;1H. The van der Waals surface area contributed by atoms with Crippen molar-refractivity contribution in [1.82, 2.24) is 9.80 Å². The van der Waals surface area contributed by atoms with Crippen molar-refractivity contribution < 1.29 is 9.53 Å². The van der Waals surface area contributed by atoms with Crippen LogP contribution in [0.4, 0.5) is 4.79 Å². The lowest BCUT2D eigenvalue weighted by molar-refractivity contribution is 0.170. The van der Waals surface area contributed by atoms with Crippen LogP contribution >= 0.6 is 12.4 Å². The molecule has 2 aromatic rings. The van der Waals surface area contributed by atoms with Crippen LogP contribution in [-0.4, -0.2) is 49.1 Å². The molecule has 1 fully saturated rings. The number of aryl methyl sites for hydroxylation is 1. The van der Waals surface area contributed by atoms with Crippen molar-refractivity contribution in [2.24, 2.45) is 0 Å². The number of nitrogens with zero attached hydrogens (tertiary/aromatic N) is 2. The molecule has 2 atom stereocenters. The minimum atomic E-state index is -0.301. The van der Waals surface area contributed by atoms with E-state index in [0.29, 0.717) is 12.0 Å². The molecule has 4 nitrogen and oxygen atoms in total. The first-order valence-electron chi connectivity index (χ1n) is 10.4. The van der Waals surface area contributed by atoms with E-state index in [2.05, 4.69) is 41.3 Å². The van der Waals surface area contributed by atoms with Gasteiger partial charge in [0.1, 0.15) is 5.75 Å². The largest absolute Gasteiger partial charge is 0.414 e. The van der Waals surface area contributed by atoms with E-state index in [1.165, 1.54) is 47.5 Å². The molecule has 0 saturated carbocycles. The predicted octanol–water partition coefficient (Wildman–Crippen LogP) is 4.91. The quantitative estimate of drug-likeness (QED) is 0.697. The number of halogens is 1. The number of hydrogen-bond acceptors (Lipinski definition) is 3. The number of carbonyl (C=O) groups excluding carboxylic acids is 1. The molecule has 1 amide bonds. The highest BCUT2D eigenvalue weighted by Crippen LogP contribution is 2.44. The smallest absolute Gasteiger partial charge is 0.410 e. The van der Waals surface area contributed by atoms with Gasteiger partial charge in [-0.15, -0.1) is 12.4 Å². The molecular formula is C24H31ClN2O2. The Balaban J connectivity index is 0.00000240. The molecule has 156 valence electrons. The first kappa shape index (κ1) is 21.7. The minimum absolute atomic E-state index is 0. The van der Waals surface area contributed by atoms with Gasteiger partial charge in [-0.05, 0) is 68.0 Å². The van der Waals surface area contributed by atoms with Gasteiger partial charge in [-0.1, -0.05) is 42.5 Å². The van der Waals surface area contributed by atoms with Crippen molar-refractivity contribution in [1.29, 1.82) is 0 Å². The maximum atomic E-state index is 12.0. The molecule has 1 aliphatic carbocycles. The summed E-state index contributed by atoms with van der Waals surface area (Å²) in [4.78, 5) is 16.2. The van der Waals surface area contributed by atoms with Crippen molar-refractivity contribution in [3.8, 4) is 5.75 Å². The molecule has 1 saturated heterocycles. The van der Waals surface area contributed by atoms with E-state index in [4.69, 9.17) is 4.74 Å². The van der Waals surface area contributed by atoms with Crippen LogP contribution in [0.3, 0.4) is 0 Å². The van der Waals surface area contributed by atoms with E-state index in [9.17, 15) is 4.79 Å². The topological polar surface area (TPSA) is 32.8 Å². The Hall–Kier alpha value is -2.04. The summed E-state index contributed by atoms with van der Waals surface area (Å²) in [6.45, 7) is 2.34. The lowest BCUT2D eigenvalue weighted by atomic mass is 9.79. The third-order valence-electron chi connectivity index (χ3n) is 6.24. The van der Waals surface area contributed by atoms with E-state index >= 15 is 0 Å². The maximum absolute atomic E-state index is 12.0. The number of carbonyl (C=O) groups is 1. The average molecular weight is 415 g/mol. The fraction of sp³-hybridized carbons (Fsp3) is 0.458. The average Bonchev–Trinajstić information content (AvgIpc) is 3.12. The molecule has 0 bridgehead atoms. The predicted molar refractivity (Wildman–Crippen MR) is 119 cm³/mol. The molecule has 0 aromatic heterocycles. The second-order valence-corrected chi connectivity index (χ2v) is 8.21. The summed E-state index contributed by atoms with van der Waals surface area (Å²) in [6, 6.07) is 17.6. The summed E-state index contributed by atoms with van der Waals surface area (Å²) in [5.74, 6) is 1.32. The Morgan fingerprint density at radius 3 is 2.66 bits per heavy atom. The highest BCUT2D eigenvalue weighted by Gasteiger charge is 2.39. The summed E-state index contributed by atoms with van der Waals surface area (Å²) >= 11 is 0. The molecule has 0 radical (unpaired) electrons. The van der Waals surface area contributed by atoms with Crippen LogP contribution in [0.15, 0.2) is 48.5 Å². The van der Waals surface area contributed by atoms with Gasteiger partial charge >= 0.3 is 6.09 Å². The third-order valence-corrected chi connectivity index (χ3v) is 6.24. The van der Waals surface area contributed by atoms with E-state index in [-0.39, 0.29) is 18.5 Å². The van der Waals surface area contributed by atoms with Gasteiger partial charge in [-0.25, -0.2) is 4.79 Å². The molecule has 1 heterocycles. The monoisotopic (exact) mass is 414 g/mol. The minimum Gasteiger partial charge on any atom is -0.410 e. The summed E-state index contributed by atoms with van der Waals surface area (Å²) in [6.07, 6.45) is 5.40. The molecule has 5 heteroatoms. The van der Waals surface area contributed by atoms with E-state index in [0.717, 1.165) is 25.0 Å². The van der Waals surface area contributed by atoms with Crippen LogP contribution in [-0.2, 0) is 12.8 Å². The summed E-state index contributed by atoms with van der Waals surface area (Å²) < 4.78 is 5.64. The highest BCUT2D eigenvalue weighted by molar-refractivity contribution is 5.85.